The molecule has 0 aliphatic rings. The third kappa shape index (κ3) is 3.04. The number of hydrogen-bond donors (Lipinski definition) is 1. The van der Waals surface area contributed by atoms with Gasteiger partial charge in [0, 0.05) is 10.3 Å². The summed E-state index contributed by atoms with van der Waals surface area (Å²) >= 11 is 1.50. The summed E-state index contributed by atoms with van der Waals surface area (Å²) < 4.78 is 63.0. The highest BCUT2D eigenvalue weighted by atomic mass is 32.2. The van der Waals surface area contributed by atoms with Crippen LogP contribution in [-0.4, -0.2) is 13.9 Å². The highest BCUT2D eigenvalue weighted by Gasteiger charge is 2.46. The van der Waals surface area contributed by atoms with Crippen molar-refractivity contribution in [1.82, 2.24) is 0 Å². The Morgan fingerprint density at radius 2 is 1.74 bits per heavy atom. The average Bonchev–Trinajstić information content (AvgIpc) is 2.93. The average molecular weight is 357 g/mol. The number of anilines is 1. The van der Waals surface area contributed by atoms with Gasteiger partial charge in [-0.1, -0.05) is 30.3 Å². The molecule has 1 heterocycles. The van der Waals surface area contributed by atoms with E-state index in [2.05, 4.69) is 0 Å². The normalized spacial score (nSPS) is 12.5. The minimum Gasteiger partial charge on any atom is -0.275 e. The van der Waals surface area contributed by atoms with E-state index in [0.29, 0.717) is 11.1 Å². The van der Waals surface area contributed by atoms with Gasteiger partial charge in [0.2, 0.25) is 0 Å². The summed E-state index contributed by atoms with van der Waals surface area (Å²) in [5.41, 5.74) is -4.45. The molecule has 0 saturated carbocycles. The van der Waals surface area contributed by atoms with Crippen LogP contribution in [0.4, 0.5) is 18.9 Å². The molecule has 3 rings (SSSR count). The van der Waals surface area contributed by atoms with Crippen molar-refractivity contribution >= 4 is 37.1 Å². The molecule has 23 heavy (non-hydrogen) atoms. The van der Waals surface area contributed by atoms with E-state index in [1.165, 1.54) is 23.5 Å². The fourth-order valence-corrected chi connectivity index (χ4v) is 3.56. The molecule has 0 atom stereocenters. The first-order valence-corrected chi connectivity index (χ1v) is 8.80. The molecule has 3 aromatic rings. The monoisotopic (exact) mass is 357 g/mol. The summed E-state index contributed by atoms with van der Waals surface area (Å²) in [6.07, 6.45) is 0. The lowest BCUT2D eigenvalue weighted by Crippen LogP contribution is -2.30. The van der Waals surface area contributed by atoms with Crippen LogP contribution in [0.5, 0.6) is 0 Å². The predicted molar refractivity (Wildman–Crippen MR) is 85.9 cm³/mol. The summed E-state index contributed by atoms with van der Waals surface area (Å²) in [5, 5.41) is 2.93. The molecule has 0 fully saturated rings. The van der Waals surface area contributed by atoms with Gasteiger partial charge >= 0.3 is 15.5 Å². The number of hydrogen-bond acceptors (Lipinski definition) is 3. The zero-order chi connectivity index (χ0) is 16.7. The van der Waals surface area contributed by atoms with E-state index in [1.807, 2.05) is 23.6 Å². The number of benzene rings is 2. The fourth-order valence-electron chi connectivity index (χ4n) is 2.15. The molecule has 0 aliphatic carbocycles. The van der Waals surface area contributed by atoms with Crippen molar-refractivity contribution in [2.24, 2.45) is 0 Å². The van der Waals surface area contributed by atoms with E-state index in [9.17, 15) is 21.6 Å². The van der Waals surface area contributed by atoms with Crippen molar-refractivity contribution in [2.75, 3.05) is 4.72 Å². The van der Waals surface area contributed by atoms with Crippen LogP contribution in [0.1, 0.15) is 0 Å². The highest BCUT2D eigenvalue weighted by Crippen LogP contribution is 2.34. The van der Waals surface area contributed by atoms with E-state index < -0.39 is 15.5 Å². The van der Waals surface area contributed by atoms with Gasteiger partial charge in [0.05, 0.1) is 5.69 Å². The Labute approximate surface area is 134 Å². The number of rotatable bonds is 3. The molecule has 0 aliphatic heterocycles. The van der Waals surface area contributed by atoms with Gasteiger partial charge in [0.25, 0.3) is 0 Å². The summed E-state index contributed by atoms with van der Waals surface area (Å²) in [7, 11) is -5.46. The molecule has 0 saturated heterocycles. The van der Waals surface area contributed by atoms with Crippen molar-refractivity contribution in [2.45, 2.75) is 5.51 Å². The van der Waals surface area contributed by atoms with Crippen molar-refractivity contribution in [1.29, 1.82) is 0 Å². The molecule has 120 valence electrons. The number of fused-ring (bicyclic) bond motifs is 1. The molecule has 8 heteroatoms. The molecular formula is C15H10F3NO2S2. The van der Waals surface area contributed by atoms with Crippen LogP contribution >= 0.6 is 11.3 Å². The quantitative estimate of drug-likeness (QED) is 0.730. The molecule has 0 amide bonds. The lowest BCUT2D eigenvalue weighted by Gasteiger charge is -2.14. The summed E-state index contributed by atoms with van der Waals surface area (Å²) in [6, 6.07) is 13.3. The van der Waals surface area contributed by atoms with Gasteiger partial charge in [-0.2, -0.15) is 21.6 Å². The molecule has 0 spiro atoms. The van der Waals surface area contributed by atoms with Gasteiger partial charge in [-0.25, -0.2) is 0 Å². The van der Waals surface area contributed by atoms with Crippen molar-refractivity contribution in [3.05, 3.63) is 53.9 Å². The molecule has 1 aromatic heterocycles. The number of nitrogens with one attached hydrogen (secondary N) is 1. The van der Waals surface area contributed by atoms with Crippen molar-refractivity contribution in [3.63, 3.8) is 0 Å². The number of para-hydroxylation sites is 1. The second kappa shape index (κ2) is 5.54. The van der Waals surface area contributed by atoms with Gasteiger partial charge in [0.1, 0.15) is 0 Å². The fraction of sp³-hybridized carbons (Fsp3) is 0.0667. The third-order valence-electron chi connectivity index (χ3n) is 3.24. The van der Waals surface area contributed by atoms with Crippen LogP contribution in [0.15, 0.2) is 53.9 Å². The molecule has 2 aromatic carbocycles. The van der Waals surface area contributed by atoms with E-state index >= 15 is 0 Å². The van der Waals surface area contributed by atoms with Crippen LogP contribution in [0, 0.1) is 0 Å². The largest absolute Gasteiger partial charge is 0.516 e. The zero-order valence-corrected chi connectivity index (χ0v) is 13.1. The predicted octanol–water partition coefficient (Wildman–Crippen LogP) is 4.83. The molecule has 0 bridgehead atoms. The number of alkyl halides is 3. The maximum absolute atomic E-state index is 12.6. The Bertz CT molecular complexity index is 962. The summed E-state index contributed by atoms with van der Waals surface area (Å²) in [5.74, 6) is 0. The number of sulfonamides is 1. The Hall–Kier alpha value is -2.06. The van der Waals surface area contributed by atoms with Crippen molar-refractivity contribution < 1.29 is 21.6 Å². The second-order valence-electron chi connectivity index (χ2n) is 4.77. The minimum atomic E-state index is -5.46. The maximum Gasteiger partial charge on any atom is 0.516 e. The molecule has 3 nitrogen and oxygen atoms in total. The lowest BCUT2D eigenvalue weighted by molar-refractivity contribution is -0.0429. The highest BCUT2D eigenvalue weighted by molar-refractivity contribution is 7.93. The van der Waals surface area contributed by atoms with Crippen LogP contribution in [-0.2, 0) is 10.0 Å². The van der Waals surface area contributed by atoms with Gasteiger partial charge in [-0.3, -0.25) is 4.72 Å². The topological polar surface area (TPSA) is 46.2 Å². The summed E-state index contributed by atoms with van der Waals surface area (Å²) in [6.45, 7) is 0. The van der Waals surface area contributed by atoms with E-state index in [-0.39, 0.29) is 5.69 Å². The summed E-state index contributed by atoms with van der Waals surface area (Å²) in [4.78, 5) is 0. The number of halogens is 3. The smallest absolute Gasteiger partial charge is 0.275 e. The second-order valence-corrected chi connectivity index (χ2v) is 7.39. The Morgan fingerprint density at radius 3 is 2.48 bits per heavy atom. The molecular weight excluding hydrogens is 347 g/mol. The van der Waals surface area contributed by atoms with Gasteiger partial charge in [-0.15, -0.1) is 11.3 Å². The van der Waals surface area contributed by atoms with Gasteiger partial charge in [-0.05, 0) is 34.5 Å². The first-order chi connectivity index (χ1) is 10.8. The maximum atomic E-state index is 12.6. The standard InChI is InChI=1S/C15H10F3NO2S2/c16-15(17,18)23(20,21)19-13-4-2-1-3-12(13)11-6-5-10-7-8-22-14(10)9-11/h1-9,19H. The number of thiophene rings is 1. The lowest BCUT2D eigenvalue weighted by atomic mass is 10.0. The van der Waals surface area contributed by atoms with E-state index in [1.54, 1.807) is 22.9 Å². The first-order valence-electron chi connectivity index (χ1n) is 6.44. The molecule has 1 N–H and O–H groups in total. The van der Waals surface area contributed by atoms with Crippen LogP contribution < -0.4 is 4.72 Å². The van der Waals surface area contributed by atoms with Crippen molar-refractivity contribution in [3.8, 4) is 11.1 Å². The van der Waals surface area contributed by atoms with Crippen LogP contribution in [0.3, 0.4) is 0 Å². The Kier molecular flexibility index (Phi) is 3.81. The van der Waals surface area contributed by atoms with Gasteiger partial charge < -0.3 is 0 Å². The Morgan fingerprint density at radius 1 is 1.00 bits per heavy atom. The van der Waals surface area contributed by atoms with Gasteiger partial charge in [0.15, 0.2) is 0 Å². The zero-order valence-electron chi connectivity index (χ0n) is 11.5. The van der Waals surface area contributed by atoms with Crippen LogP contribution in [0.2, 0.25) is 0 Å². The van der Waals surface area contributed by atoms with E-state index in [4.69, 9.17) is 0 Å². The van der Waals surface area contributed by atoms with E-state index in [0.717, 1.165) is 10.1 Å². The molecule has 0 unspecified atom stereocenters. The third-order valence-corrected chi connectivity index (χ3v) is 5.22. The Balaban J connectivity index is 2.07. The van der Waals surface area contributed by atoms with Crippen LogP contribution in [0.25, 0.3) is 21.2 Å². The minimum absolute atomic E-state index is 0.110. The SMILES string of the molecule is O=S(=O)(Nc1ccccc1-c1ccc2ccsc2c1)C(F)(F)F. The first kappa shape index (κ1) is 15.8. The molecule has 0 radical (unpaired) electrons.